The van der Waals surface area contributed by atoms with E-state index >= 15 is 0 Å². The first-order valence-corrected chi connectivity index (χ1v) is 8.11. The molecule has 1 amide bonds. The van der Waals surface area contributed by atoms with Crippen molar-refractivity contribution < 1.29 is 4.79 Å². The first-order chi connectivity index (χ1) is 11.2. The van der Waals surface area contributed by atoms with E-state index in [1.54, 1.807) is 0 Å². The van der Waals surface area contributed by atoms with E-state index in [1.807, 2.05) is 42.1 Å². The zero-order chi connectivity index (χ0) is 15.8. The van der Waals surface area contributed by atoms with Gasteiger partial charge in [-0.15, -0.1) is 0 Å². The Hall–Kier alpha value is -2.56. The fraction of sp³-hybridized carbons (Fsp3) is 0.333. The molecule has 0 saturated carbocycles. The van der Waals surface area contributed by atoms with Gasteiger partial charge in [0.05, 0.1) is 12.2 Å². The Morgan fingerprint density at radius 1 is 1.30 bits per heavy atom. The summed E-state index contributed by atoms with van der Waals surface area (Å²) in [4.78, 5) is 20.5. The number of carbonyl (C=O) groups excluding carboxylic acids is 1. The number of imidazole rings is 1. The average Bonchev–Trinajstić information content (AvgIpc) is 3.16. The molecule has 0 spiro atoms. The summed E-state index contributed by atoms with van der Waals surface area (Å²) >= 11 is 0. The van der Waals surface area contributed by atoms with Crippen molar-refractivity contribution in [3.8, 4) is 0 Å². The van der Waals surface area contributed by atoms with Gasteiger partial charge in [-0.05, 0) is 43.9 Å². The van der Waals surface area contributed by atoms with Gasteiger partial charge in [0, 0.05) is 35.4 Å². The fourth-order valence-corrected chi connectivity index (χ4v) is 3.36. The maximum Gasteiger partial charge on any atom is 0.252 e. The number of aromatic amines is 1. The number of nitrogens with zero attached hydrogens (tertiary/aromatic N) is 2. The predicted octanol–water partition coefficient (Wildman–Crippen LogP) is 2.71. The first-order valence-electron chi connectivity index (χ1n) is 8.11. The van der Waals surface area contributed by atoms with Crippen LogP contribution < -0.4 is 5.32 Å². The highest BCUT2D eigenvalue weighted by atomic mass is 16.1. The third-order valence-electron chi connectivity index (χ3n) is 4.59. The number of rotatable bonds is 3. The second kappa shape index (κ2) is 5.57. The van der Waals surface area contributed by atoms with Crippen molar-refractivity contribution in [2.45, 2.75) is 32.2 Å². The second-order valence-corrected chi connectivity index (χ2v) is 6.16. The molecule has 5 heteroatoms. The molecule has 23 heavy (non-hydrogen) atoms. The maximum absolute atomic E-state index is 12.5. The fourth-order valence-electron chi connectivity index (χ4n) is 3.36. The van der Waals surface area contributed by atoms with Crippen LogP contribution in [0.3, 0.4) is 0 Å². The third kappa shape index (κ3) is 2.52. The van der Waals surface area contributed by atoms with Crippen LogP contribution in [0.15, 0.2) is 30.5 Å². The number of aryl methyl sites for hydroxylation is 3. The van der Waals surface area contributed by atoms with Crippen molar-refractivity contribution in [1.82, 2.24) is 19.9 Å². The van der Waals surface area contributed by atoms with Gasteiger partial charge in [-0.25, -0.2) is 4.98 Å². The molecule has 0 saturated heterocycles. The number of H-pyrrole nitrogens is 1. The van der Waals surface area contributed by atoms with Crippen LogP contribution in [-0.4, -0.2) is 20.4 Å². The highest BCUT2D eigenvalue weighted by Crippen LogP contribution is 2.20. The lowest BCUT2D eigenvalue weighted by molar-refractivity contribution is 0.0951. The second-order valence-electron chi connectivity index (χ2n) is 6.16. The molecule has 2 heterocycles. The van der Waals surface area contributed by atoms with E-state index in [2.05, 4.69) is 15.3 Å². The molecule has 0 aliphatic heterocycles. The minimum atomic E-state index is -0.0591. The lowest BCUT2D eigenvalue weighted by Gasteiger charge is -2.07. The summed E-state index contributed by atoms with van der Waals surface area (Å²) in [6, 6.07) is 7.79. The highest BCUT2D eigenvalue weighted by molar-refractivity contribution is 6.06. The molecule has 118 valence electrons. The van der Waals surface area contributed by atoms with Crippen molar-refractivity contribution in [3.63, 3.8) is 0 Å². The molecule has 0 fully saturated rings. The molecule has 1 aliphatic rings. The summed E-state index contributed by atoms with van der Waals surface area (Å²) in [5.74, 6) is 0.793. The first kappa shape index (κ1) is 14.1. The van der Waals surface area contributed by atoms with Gasteiger partial charge < -0.3 is 14.9 Å². The van der Waals surface area contributed by atoms with Crippen LogP contribution in [0.4, 0.5) is 0 Å². The van der Waals surface area contributed by atoms with E-state index < -0.39 is 0 Å². The SMILES string of the molecule is Cn1ccc2c(C(=O)NCc3nc4c([nH]3)CCCC4)cccc21. The summed E-state index contributed by atoms with van der Waals surface area (Å²) in [5.41, 5.74) is 4.18. The van der Waals surface area contributed by atoms with Crippen LogP contribution in [0.25, 0.3) is 10.9 Å². The number of hydrogen-bond acceptors (Lipinski definition) is 2. The number of aromatic nitrogens is 3. The van der Waals surface area contributed by atoms with Crippen molar-refractivity contribution in [1.29, 1.82) is 0 Å². The zero-order valence-corrected chi connectivity index (χ0v) is 13.2. The summed E-state index contributed by atoms with van der Waals surface area (Å²) in [6.07, 6.45) is 6.52. The molecule has 1 aromatic carbocycles. The highest BCUT2D eigenvalue weighted by Gasteiger charge is 2.16. The largest absolute Gasteiger partial charge is 0.351 e. The Morgan fingerprint density at radius 2 is 2.17 bits per heavy atom. The normalized spacial score (nSPS) is 14.0. The van der Waals surface area contributed by atoms with E-state index in [0.29, 0.717) is 12.1 Å². The van der Waals surface area contributed by atoms with Crippen LogP contribution >= 0.6 is 0 Å². The minimum absolute atomic E-state index is 0.0591. The van der Waals surface area contributed by atoms with Gasteiger partial charge in [0.15, 0.2) is 0 Å². The topological polar surface area (TPSA) is 62.7 Å². The van der Waals surface area contributed by atoms with Crippen LogP contribution in [0.2, 0.25) is 0 Å². The Kier molecular flexibility index (Phi) is 3.41. The van der Waals surface area contributed by atoms with Gasteiger partial charge in [-0.2, -0.15) is 0 Å². The van der Waals surface area contributed by atoms with Crippen molar-refractivity contribution in [2.75, 3.05) is 0 Å². The van der Waals surface area contributed by atoms with E-state index in [1.165, 1.54) is 24.2 Å². The van der Waals surface area contributed by atoms with E-state index in [0.717, 1.165) is 29.6 Å². The predicted molar refractivity (Wildman–Crippen MR) is 89.3 cm³/mol. The van der Waals surface area contributed by atoms with Crippen LogP contribution in [-0.2, 0) is 26.4 Å². The third-order valence-corrected chi connectivity index (χ3v) is 4.59. The molecular weight excluding hydrogens is 288 g/mol. The molecule has 0 bridgehead atoms. The van der Waals surface area contributed by atoms with Gasteiger partial charge in [0.2, 0.25) is 0 Å². The molecule has 2 aromatic heterocycles. The molecule has 2 N–H and O–H groups in total. The molecular formula is C18H20N4O. The summed E-state index contributed by atoms with van der Waals surface area (Å²) in [6.45, 7) is 0.440. The number of carbonyl (C=O) groups is 1. The molecule has 4 rings (SSSR count). The van der Waals surface area contributed by atoms with E-state index in [9.17, 15) is 4.79 Å². The Morgan fingerprint density at radius 3 is 3.04 bits per heavy atom. The molecule has 0 radical (unpaired) electrons. The lowest BCUT2D eigenvalue weighted by atomic mass is 10.0. The Bertz CT molecular complexity index is 851. The van der Waals surface area contributed by atoms with Gasteiger partial charge in [-0.3, -0.25) is 4.79 Å². The molecule has 0 unspecified atom stereocenters. The average molecular weight is 308 g/mol. The minimum Gasteiger partial charge on any atom is -0.351 e. The molecule has 5 nitrogen and oxygen atoms in total. The summed E-state index contributed by atoms with van der Waals surface area (Å²) in [5, 5.41) is 3.96. The number of fused-ring (bicyclic) bond motifs is 2. The van der Waals surface area contributed by atoms with Crippen LogP contribution in [0.1, 0.15) is 40.4 Å². The number of nitrogens with one attached hydrogen (secondary N) is 2. The van der Waals surface area contributed by atoms with Gasteiger partial charge in [0.25, 0.3) is 5.91 Å². The number of benzene rings is 1. The molecule has 0 atom stereocenters. The van der Waals surface area contributed by atoms with Crippen LogP contribution in [0, 0.1) is 0 Å². The Balaban J connectivity index is 1.52. The summed E-state index contributed by atoms with van der Waals surface area (Å²) < 4.78 is 2.02. The molecule has 1 aliphatic carbocycles. The molecule has 3 aromatic rings. The zero-order valence-electron chi connectivity index (χ0n) is 13.2. The van der Waals surface area contributed by atoms with Gasteiger partial charge in [0.1, 0.15) is 5.82 Å². The monoisotopic (exact) mass is 308 g/mol. The lowest BCUT2D eigenvalue weighted by Crippen LogP contribution is -2.23. The smallest absolute Gasteiger partial charge is 0.252 e. The number of hydrogen-bond donors (Lipinski definition) is 2. The standard InChI is InChI=1S/C18H20N4O/c1-22-10-9-12-13(5-4-8-16(12)22)18(23)19-11-17-20-14-6-2-3-7-15(14)21-17/h4-5,8-10H,2-3,6-7,11H2,1H3,(H,19,23)(H,20,21). The summed E-state index contributed by atoms with van der Waals surface area (Å²) in [7, 11) is 1.98. The van der Waals surface area contributed by atoms with Gasteiger partial charge >= 0.3 is 0 Å². The van der Waals surface area contributed by atoms with E-state index in [4.69, 9.17) is 0 Å². The maximum atomic E-state index is 12.5. The van der Waals surface area contributed by atoms with Crippen LogP contribution in [0.5, 0.6) is 0 Å². The Labute approximate surface area is 134 Å². The van der Waals surface area contributed by atoms with Crippen molar-refractivity contribution >= 4 is 16.8 Å². The number of amides is 1. The van der Waals surface area contributed by atoms with Crippen molar-refractivity contribution in [3.05, 3.63) is 53.2 Å². The van der Waals surface area contributed by atoms with Crippen molar-refractivity contribution in [2.24, 2.45) is 7.05 Å². The quantitative estimate of drug-likeness (QED) is 0.781. The van der Waals surface area contributed by atoms with E-state index in [-0.39, 0.29) is 5.91 Å². The van der Waals surface area contributed by atoms with Gasteiger partial charge in [-0.1, -0.05) is 6.07 Å².